The van der Waals surface area contributed by atoms with Crippen LogP contribution in [0.2, 0.25) is 0 Å². The van der Waals surface area contributed by atoms with Gasteiger partial charge in [0.15, 0.2) is 0 Å². The molecule has 0 bridgehead atoms. The number of rotatable bonds is 7. The maximum Gasteiger partial charge on any atom is 0.323 e. The Kier molecular flexibility index (Phi) is 6.27. The lowest BCUT2D eigenvalue weighted by Gasteiger charge is -2.39. The van der Waals surface area contributed by atoms with Crippen LogP contribution in [0.25, 0.3) is 0 Å². The Morgan fingerprint density at radius 1 is 1.58 bits per heavy atom. The highest BCUT2D eigenvalue weighted by Crippen LogP contribution is 2.22. The minimum Gasteiger partial charge on any atom is -0.480 e. The van der Waals surface area contributed by atoms with E-state index in [0.717, 1.165) is 32.0 Å². The van der Waals surface area contributed by atoms with Gasteiger partial charge in [-0.1, -0.05) is 13.8 Å². The third-order valence-corrected chi connectivity index (χ3v) is 4.25. The molecule has 112 valence electrons. The average Bonchev–Trinajstić information content (AvgIpc) is 2.36. The first kappa shape index (κ1) is 16.4. The number of nitrogens with zero attached hydrogens (tertiary/aromatic N) is 1. The minimum absolute atomic E-state index is 0.313. The first-order chi connectivity index (χ1) is 8.89. The number of hydrogen-bond acceptors (Lipinski definition) is 3. The zero-order valence-corrected chi connectivity index (χ0v) is 12.9. The number of carboxylic acids is 1. The van der Waals surface area contributed by atoms with E-state index in [1.807, 2.05) is 6.92 Å². The van der Waals surface area contributed by atoms with Gasteiger partial charge in [-0.05, 0) is 58.5 Å². The Bertz CT molecular complexity index is 296. The summed E-state index contributed by atoms with van der Waals surface area (Å²) in [5.74, 6) is -0.00579. The molecule has 4 nitrogen and oxygen atoms in total. The standard InChI is InChI=1S/C15H30N2O2/c1-5-8-16-15(4,14(18)19)10-13(3)17-9-6-7-12(2)11-17/h12-13,16H,5-11H2,1-4H3,(H,18,19). The molecule has 0 radical (unpaired) electrons. The van der Waals surface area contributed by atoms with Gasteiger partial charge in [-0.3, -0.25) is 4.79 Å². The highest BCUT2D eigenvalue weighted by atomic mass is 16.4. The Labute approximate surface area is 117 Å². The monoisotopic (exact) mass is 270 g/mol. The number of likely N-dealkylation sites (tertiary alicyclic amines) is 1. The van der Waals surface area contributed by atoms with E-state index in [1.165, 1.54) is 12.8 Å². The summed E-state index contributed by atoms with van der Waals surface area (Å²) < 4.78 is 0. The number of nitrogens with one attached hydrogen (secondary N) is 1. The SMILES string of the molecule is CCCNC(C)(CC(C)N1CCCC(C)C1)C(=O)O. The molecule has 0 aromatic rings. The molecule has 0 aromatic carbocycles. The van der Waals surface area contributed by atoms with Crippen LogP contribution >= 0.6 is 0 Å². The zero-order chi connectivity index (χ0) is 14.5. The second-order valence-electron chi connectivity index (χ2n) is 6.36. The normalized spacial score (nSPS) is 25.8. The van der Waals surface area contributed by atoms with Gasteiger partial charge in [-0.2, -0.15) is 0 Å². The summed E-state index contributed by atoms with van der Waals surface area (Å²) in [6, 6.07) is 0.313. The quantitative estimate of drug-likeness (QED) is 0.745. The lowest BCUT2D eigenvalue weighted by Crippen LogP contribution is -2.54. The second-order valence-corrected chi connectivity index (χ2v) is 6.36. The maximum absolute atomic E-state index is 11.5. The molecular weight excluding hydrogens is 240 g/mol. The van der Waals surface area contributed by atoms with Crippen molar-refractivity contribution in [3.63, 3.8) is 0 Å². The Morgan fingerprint density at radius 3 is 2.79 bits per heavy atom. The smallest absolute Gasteiger partial charge is 0.323 e. The van der Waals surface area contributed by atoms with Crippen molar-refractivity contribution in [2.75, 3.05) is 19.6 Å². The van der Waals surface area contributed by atoms with E-state index in [0.29, 0.717) is 12.5 Å². The molecule has 19 heavy (non-hydrogen) atoms. The number of aliphatic carboxylic acids is 1. The van der Waals surface area contributed by atoms with Gasteiger partial charge in [0, 0.05) is 12.6 Å². The lowest BCUT2D eigenvalue weighted by atomic mass is 9.90. The molecule has 0 aliphatic carbocycles. The summed E-state index contributed by atoms with van der Waals surface area (Å²) in [4.78, 5) is 14.0. The predicted octanol–water partition coefficient (Wildman–Crippen LogP) is 2.34. The van der Waals surface area contributed by atoms with Gasteiger partial charge >= 0.3 is 5.97 Å². The molecule has 3 atom stereocenters. The van der Waals surface area contributed by atoms with Crippen molar-refractivity contribution >= 4 is 5.97 Å². The number of carbonyl (C=O) groups is 1. The van der Waals surface area contributed by atoms with E-state index in [-0.39, 0.29) is 0 Å². The molecule has 3 unspecified atom stereocenters. The van der Waals surface area contributed by atoms with Crippen molar-refractivity contribution in [3.05, 3.63) is 0 Å². The zero-order valence-electron chi connectivity index (χ0n) is 12.9. The van der Waals surface area contributed by atoms with E-state index < -0.39 is 11.5 Å². The topological polar surface area (TPSA) is 52.6 Å². The van der Waals surface area contributed by atoms with E-state index in [9.17, 15) is 9.90 Å². The van der Waals surface area contributed by atoms with Crippen LogP contribution < -0.4 is 5.32 Å². The van der Waals surface area contributed by atoms with Crippen molar-refractivity contribution in [1.82, 2.24) is 10.2 Å². The van der Waals surface area contributed by atoms with Crippen molar-refractivity contribution in [2.45, 2.75) is 65.0 Å². The Morgan fingerprint density at radius 2 is 2.26 bits per heavy atom. The summed E-state index contributed by atoms with van der Waals surface area (Å²) in [6.45, 7) is 11.3. The van der Waals surface area contributed by atoms with E-state index >= 15 is 0 Å². The fourth-order valence-electron chi connectivity index (χ4n) is 2.98. The van der Waals surface area contributed by atoms with Gasteiger partial charge in [0.1, 0.15) is 5.54 Å². The van der Waals surface area contributed by atoms with Crippen LogP contribution in [0.5, 0.6) is 0 Å². The van der Waals surface area contributed by atoms with Crippen molar-refractivity contribution in [1.29, 1.82) is 0 Å². The molecule has 1 aliphatic heterocycles. The molecule has 2 N–H and O–H groups in total. The highest BCUT2D eigenvalue weighted by Gasteiger charge is 2.36. The molecule has 0 amide bonds. The molecule has 1 aliphatic rings. The number of carboxylic acid groups (broad SMARTS) is 1. The van der Waals surface area contributed by atoms with Crippen LogP contribution in [0.4, 0.5) is 0 Å². The maximum atomic E-state index is 11.5. The molecule has 1 saturated heterocycles. The summed E-state index contributed by atoms with van der Waals surface area (Å²) in [6.07, 6.45) is 4.15. The molecule has 1 heterocycles. The van der Waals surface area contributed by atoms with Gasteiger partial charge in [-0.15, -0.1) is 0 Å². The van der Waals surface area contributed by atoms with Gasteiger partial charge in [0.05, 0.1) is 0 Å². The molecule has 1 rings (SSSR count). The predicted molar refractivity (Wildman–Crippen MR) is 78.4 cm³/mol. The molecular formula is C15H30N2O2. The summed E-state index contributed by atoms with van der Waals surface area (Å²) >= 11 is 0. The first-order valence-electron chi connectivity index (χ1n) is 7.61. The summed E-state index contributed by atoms with van der Waals surface area (Å²) in [5.41, 5.74) is -0.809. The second kappa shape index (κ2) is 7.25. The van der Waals surface area contributed by atoms with Crippen molar-refractivity contribution in [2.24, 2.45) is 5.92 Å². The largest absolute Gasteiger partial charge is 0.480 e. The van der Waals surface area contributed by atoms with Crippen LogP contribution in [0, 0.1) is 5.92 Å². The van der Waals surface area contributed by atoms with Crippen LogP contribution in [0.15, 0.2) is 0 Å². The van der Waals surface area contributed by atoms with Gasteiger partial charge in [0.2, 0.25) is 0 Å². The highest BCUT2D eigenvalue weighted by molar-refractivity contribution is 5.78. The number of hydrogen-bond donors (Lipinski definition) is 2. The summed E-state index contributed by atoms with van der Waals surface area (Å²) in [5, 5.41) is 12.7. The van der Waals surface area contributed by atoms with Crippen LogP contribution in [0.1, 0.15) is 53.4 Å². The van der Waals surface area contributed by atoms with Gasteiger partial charge in [0.25, 0.3) is 0 Å². The van der Waals surface area contributed by atoms with Gasteiger partial charge < -0.3 is 15.3 Å². The third-order valence-electron chi connectivity index (χ3n) is 4.25. The molecule has 0 spiro atoms. The van der Waals surface area contributed by atoms with Crippen molar-refractivity contribution < 1.29 is 9.90 Å². The lowest BCUT2D eigenvalue weighted by molar-refractivity contribution is -0.145. The minimum atomic E-state index is -0.809. The molecule has 1 fully saturated rings. The van der Waals surface area contributed by atoms with Crippen LogP contribution in [-0.4, -0.2) is 47.2 Å². The van der Waals surface area contributed by atoms with E-state index in [1.54, 1.807) is 0 Å². The Hall–Kier alpha value is -0.610. The summed E-state index contributed by atoms with van der Waals surface area (Å²) in [7, 11) is 0. The number of piperidine rings is 1. The van der Waals surface area contributed by atoms with Gasteiger partial charge in [-0.25, -0.2) is 0 Å². The molecule has 0 saturated carbocycles. The van der Waals surface area contributed by atoms with E-state index in [4.69, 9.17) is 0 Å². The average molecular weight is 270 g/mol. The third kappa shape index (κ3) is 4.77. The fraction of sp³-hybridized carbons (Fsp3) is 0.933. The van der Waals surface area contributed by atoms with Crippen molar-refractivity contribution in [3.8, 4) is 0 Å². The molecule has 0 aromatic heterocycles. The Balaban J connectivity index is 2.59. The van der Waals surface area contributed by atoms with Crippen LogP contribution in [0.3, 0.4) is 0 Å². The first-order valence-corrected chi connectivity index (χ1v) is 7.61. The fourth-order valence-corrected chi connectivity index (χ4v) is 2.98. The van der Waals surface area contributed by atoms with E-state index in [2.05, 4.69) is 31.0 Å². The molecule has 4 heteroatoms. The van der Waals surface area contributed by atoms with Crippen LogP contribution in [-0.2, 0) is 4.79 Å².